The predicted octanol–water partition coefficient (Wildman–Crippen LogP) is 1.86. The Morgan fingerprint density at radius 2 is 1.90 bits per heavy atom. The number of carbonyl (C=O) groups is 2. The van der Waals surface area contributed by atoms with E-state index >= 15 is 0 Å². The van der Waals surface area contributed by atoms with Crippen LogP contribution in [-0.4, -0.2) is 52.5 Å². The number of hydrogen-bond acceptors (Lipinski definition) is 5. The van der Waals surface area contributed by atoms with Crippen LogP contribution in [0.2, 0.25) is 0 Å². The molecule has 0 spiro atoms. The summed E-state index contributed by atoms with van der Waals surface area (Å²) in [5, 5.41) is 14.5. The number of nitrogens with one attached hydrogen (secondary N) is 2. The Labute approximate surface area is 176 Å². The molecule has 2 fully saturated rings. The molecule has 0 saturated carbocycles. The highest BCUT2D eigenvalue weighted by Gasteiger charge is 2.32. The van der Waals surface area contributed by atoms with Crippen LogP contribution in [-0.2, 0) is 4.79 Å². The molecule has 8 nitrogen and oxygen atoms in total. The third kappa shape index (κ3) is 4.43. The van der Waals surface area contributed by atoms with Crippen LogP contribution in [0.1, 0.15) is 47.9 Å². The minimum absolute atomic E-state index is 0. The molecule has 4 rings (SSSR count). The minimum atomic E-state index is -0.537. The molecule has 2 N–H and O–H groups in total. The van der Waals surface area contributed by atoms with Crippen molar-refractivity contribution in [2.75, 3.05) is 24.5 Å². The largest absolute Gasteiger partial charge is 0.339 e. The minimum Gasteiger partial charge on any atom is -0.339 e. The maximum absolute atomic E-state index is 12.9. The van der Waals surface area contributed by atoms with E-state index in [0.717, 1.165) is 43.7 Å². The van der Waals surface area contributed by atoms with Gasteiger partial charge in [0.2, 0.25) is 5.91 Å². The molecule has 2 amide bonds. The normalized spacial score (nSPS) is 20.2. The SMILES string of the molecule is Cc1c(C(=O)NC2CCCN(c3ccccc3)C2=O)nnn1C1CCNCC1.Cl. The lowest BCUT2D eigenvalue weighted by atomic mass is 10.0. The number of para-hydroxylation sites is 1. The number of amides is 2. The Bertz CT molecular complexity index is 850. The highest BCUT2D eigenvalue weighted by atomic mass is 35.5. The van der Waals surface area contributed by atoms with E-state index in [0.29, 0.717) is 18.7 Å². The van der Waals surface area contributed by atoms with Gasteiger partial charge in [0.05, 0.1) is 11.7 Å². The zero-order valence-electron chi connectivity index (χ0n) is 16.5. The first-order valence-corrected chi connectivity index (χ1v) is 9.95. The monoisotopic (exact) mass is 418 g/mol. The van der Waals surface area contributed by atoms with E-state index in [9.17, 15) is 9.59 Å². The number of carbonyl (C=O) groups excluding carboxylic acids is 2. The van der Waals surface area contributed by atoms with Crippen molar-refractivity contribution >= 4 is 29.9 Å². The molecule has 9 heteroatoms. The second-order valence-electron chi connectivity index (χ2n) is 7.44. The third-order valence-electron chi connectivity index (χ3n) is 5.61. The van der Waals surface area contributed by atoms with Crippen molar-refractivity contribution in [3.8, 4) is 0 Å². The Morgan fingerprint density at radius 1 is 1.17 bits per heavy atom. The summed E-state index contributed by atoms with van der Waals surface area (Å²) in [5.74, 6) is -0.403. The van der Waals surface area contributed by atoms with Crippen molar-refractivity contribution < 1.29 is 9.59 Å². The van der Waals surface area contributed by atoms with Gasteiger partial charge in [-0.05, 0) is 57.8 Å². The summed E-state index contributed by atoms with van der Waals surface area (Å²) in [6, 6.07) is 9.30. The Morgan fingerprint density at radius 3 is 2.62 bits per heavy atom. The number of anilines is 1. The number of aromatic nitrogens is 3. The molecular formula is C20H27ClN6O2. The summed E-state index contributed by atoms with van der Waals surface area (Å²) in [6.45, 7) is 4.42. The van der Waals surface area contributed by atoms with Gasteiger partial charge in [0.25, 0.3) is 5.91 Å². The summed E-state index contributed by atoms with van der Waals surface area (Å²) in [5.41, 5.74) is 1.93. The number of piperidine rings is 2. The van der Waals surface area contributed by atoms with Crippen LogP contribution in [0.25, 0.3) is 0 Å². The van der Waals surface area contributed by atoms with E-state index in [1.54, 1.807) is 4.90 Å². The lowest BCUT2D eigenvalue weighted by molar-refractivity contribution is -0.121. The quantitative estimate of drug-likeness (QED) is 0.790. The molecule has 1 atom stereocenters. The van der Waals surface area contributed by atoms with Crippen LogP contribution in [0, 0.1) is 6.92 Å². The van der Waals surface area contributed by atoms with Crippen LogP contribution < -0.4 is 15.5 Å². The maximum Gasteiger partial charge on any atom is 0.274 e. The summed E-state index contributed by atoms with van der Waals surface area (Å²) < 4.78 is 1.86. The molecule has 2 aliphatic rings. The molecule has 2 aromatic rings. The van der Waals surface area contributed by atoms with Crippen molar-refractivity contribution in [2.45, 2.75) is 44.7 Å². The fraction of sp³-hybridized carbons (Fsp3) is 0.500. The average Bonchev–Trinajstić information content (AvgIpc) is 3.12. The third-order valence-corrected chi connectivity index (χ3v) is 5.61. The highest BCUT2D eigenvalue weighted by molar-refractivity contribution is 6.02. The standard InChI is InChI=1S/C20H26N6O2.ClH/c1-14-18(23-24-26(14)16-9-11-21-12-10-16)19(27)22-17-8-5-13-25(20(17)28)15-6-3-2-4-7-15;/h2-4,6-7,16-17,21H,5,8-13H2,1H3,(H,22,27);1H. The summed E-state index contributed by atoms with van der Waals surface area (Å²) in [6.07, 6.45) is 3.42. The number of halogens is 1. The molecule has 2 saturated heterocycles. The van der Waals surface area contributed by atoms with E-state index < -0.39 is 6.04 Å². The molecule has 3 heterocycles. The summed E-state index contributed by atoms with van der Waals surface area (Å²) >= 11 is 0. The van der Waals surface area contributed by atoms with Crippen molar-refractivity contribution in [2.24, 2.45) is 0 Å². The van der Waals surface area contributed by atoms with E-state index in [2.05, 4.69) is 20.9 Å². The average molecular weight is 419 g/mol. The first-order valence-electron chi connectivity index (χ1n) is 9.95. The second-order valence-corrected chi connectivity index (χ2v) is 7.44. The van der Waals surface area contributed by atoms with E-state index in [4.69, 9.17) is 0 Å². The van der Waals surface area contributed by atoms with Gasteiger partial charge in [-0.1, -0.05) is 23.4 Å². The molecular weight excluding hydrogens is 392 g/mol. The summed E-state index contributed by atoms with van der Waals surface area (Å²) in [7, 11) is 0. The van der Waals surface area contributed by atoms with Crippen LogP contribution >= 0.6 is 12.4 Å². The maximum atomic E-state index is 12.9. The van der Waals surface area contributed by atoms with Gasteiger partial charge in [-0.15, -0.1) is 17.5 Å². The van der Waals surface area contributed by atoms with Crippen LogP contribution in [0.15, 0.2) is 30.3 Å². The van der Waals surface area contributed by atoms with E-state index in [-0.39, 0.29) is 30.3 Å². The fourth-order valence-electron chi connectivity index (χ4n) is 4.05. The molecule has 0 bridgehead atoms. The van der Waals surface area contributed by atoms with Gasteiger partial charge in [0.1, 0.15) is 6.04 Å². The van der Waals surface area contributed by atoms with Crippen molar-refractivity contribution in [1.82, 2.24) is 25.6 Å². The van der Waals surface area contributed by atoms with Crippen LogP contribution in [0.3, 0.4) is 0 Å². The molecule has 1 unspecified atom stereocenters. The Hall–Kier alpha value is -2.45. The second kappa shape index (κ2) is 9.37. The van der Waals surface area contributed by atoms with Gasteiger partial charge in [0.15, 0.2) is 5.69 Å². The van der Waals surface area contributed by atoms with Gasteiger partial charge >= 0.3 is 0 Å². The zero-order chi connectivity index (χ0) is 19.5. The first kappa shape index (κ1) is 21.3. The lowest BCUT2D eigenvalue weighted by Gasteiger charge is -2.32. The van der Waals surface area contributed by atoms with Crippen LogP contribution in [0.4, 0.5) is 5.69 Å². The van der Waals surface area contributed by atoms with Gasteiger partial charge in [-0.2, -0.15) is 0 Å². The van der Waals surface area contributed by atoms with E-state index in [1.165, 1.54) is 0 Å². The molecule has 1 aromatic heterocycles. The zero-order valence-corrected chi connectivity index (χ0v) is 17.3. The topological polar surface area (TPSA) is 92.2 Å². The Kier molecular flexibility index (Phi) is 6.87. The molecule has 29 heavy (non-hydrogen) atoms. The molecule has 2 aliphatic heterocycles. The lowest BCUT2D eigenvalue weighted by Crippen LogP contribution is -2.52. The molecule has 0 radical (unpaired) electrons. The number of nitrogens with zero attached hydrogens (tertiary/aromatic N) is 4. The van der Waals surface area contributed by atoms with Gasteiger partial charge in [-0.25, -0.2) is 4.68 Å². The van der Waals surface area contributed by atoms with Gasteiger partial charge in [-0.3, -0.25) is 9.59 Å². The Balaban J connectivity index is 0.00000240. The molecule has 0 aliphatic carbocycles. The van der Waals surface area contributed by atoms with Crippen molar-refractivity contribution in [3.63, 3.8) is 0 Å². The molecule has 1 aromatic carbocycles. The highest BCUT2D eigenvalue weighted by Crippen LogP contribution is 2.22. The van der Waals surface area contributed by atoms with Crippen molar-refractivity contribution in [3.05, 3.63) is 41.7 Å². The predicted molar refractivity (Wildman–Crippen MR) is 112 cm³/mol. The van der Waals surface area contributed by atoms with Crippen LogP contribution in [0.5, 0.6) is 0 Å². The number of rotatable bonds is 4. The summed E-state index contributed by atoms with van der Waals surface area (Å²) in [4.78, 5) is 27.4. The fourth-order valence-corrected chi connectivity index (χ4v) is 4.05. The first-order chi connectivity index (χ1) is 13.6. The number of benzene rings is 1. The smallest absolute Gasteiger partial charge is 0.274 e. The van der Waals surface area contributed by atoms with Gasteiger partial charge < -0.3 is 15.5 Å². The van der Waals surface area contributed by atoms with E-state index in [1.807, 2.05) is 41.9 Å². The number of hydrogen-bond donors (Lipinski definition) is 2. The van der Waals surface area contributed by atoms with Crippen molar-refractivity contribution in [1.29, 1.82) is 0 Å². The van der Waals surface area contributed by atoms with Gasteiger partial charge in [0, 0.05) is 12.2 Å². The molecule has 156 valence electrons.